The molecule has 0 bridgehead atoms. The van der Waals surface area contributed by atoms with Gasteiger partial charge in [0.1, 0.15) is 29.2 Å². The van der Waals surface area contributed by atoms with Crippen molar-refractivity contribution >= 4 is 64.7 Å². The lowest BCUT2D eigenvalue weighted by Crippen LogP contribution is -2.45. The molecule has 1 aromatic heterocycles. The molecule has 1 amide bonds. The number of hydrogen-bond acceptors (Lipinski definition) is 11. The highest BCUT2D eigenvalue weighted by atomic mass is 35.5. The normalized spacial score (nSPS) is 13.2. The van der Waals surface area contributed by atoms with E-state index in [-0.39, 0.29) is 30.4 Å². The lowest BCUT2D eigenvalue weighted by molar-refractivity contribution is -0.151. The van der Waals surface area contributed by atoms with E-state index in [0.29, 0.717) is 23.3 Å². The molecule has 0 saturated heterocycles. The Labute approximate surface area is 350 Å². The van der Waals surface area contributed by atoms with Crippen LogP contribution < -0.4 is 9.46 Å². The largest absolute Gasteiger partial charge is 0.492 e. The van der Waals surface area contributed by atoms with E-state index in [1.54, 1.807) is 92.6 Å². The van der Waals surface area contributed by atoms with Gasteiger partial charge >= 0.3 is 18.2 Å². The summed E-state index contributed by atoms with van der Waals surface area (Å²) in [4.78, 5) is 40.9. The fourth-order valence-electron chi connectivity index (χ4n) is 6.08. The van der Waals surface area contributed by atoms with Gasteiger partial charge < -0.3 is 28.3 Å². The number of ether oxygens (including phenoxy) is 4. The van der Waals surface area contributed by atoms with Gasteiger partial charge in [-0.05, 0) is 117 Å². The van der Waals surface area contributed by atoms with Crippen LogP contribution in [0.1, 0.15) is 107 Å². The molecule has 58 heavy (non-hydrogen) atoms. The molecule has 0 fully saturated rings. The molecular weight excluding hydrogens is 804 g/mol. The van der Waals surface area contributed by atoms with Crippen molar-refractivity contribution < 1.29 is 46.2 Å². The number of carbonyl (C=O) groups excluding carboxylic acids is 3. The number of anilines is 1. The SMILES string of the molecule is CCc1nn(C(=O)OC(C)(C)C)c2cc(OCCN(CC(O[Si](CC)(CC)CC)c3ccc(Cl)c(NS(=O)(=O)CC(=O)OC(C)(C)C)c3)C(=O)OC(C)(C)C)ccc12. The first kappa shape index (κ1) is 48.5. The van der Waals surface area contributed by atoms with Crippen LogP contribution in [-0.4, -0.2) is 91.8 Å². The smallest absolute Gasteiger partial charge is 0.435 e. The number of amides is 1. The van der Waals surface area contributed by atoms with Crippen molar-refractivity contribution in [1.82, 2.24) is 14.7 Å². The zero-order valence-corrected chi connectivity index (χ0v) is 39.0. The van der Waals surface area contributed by atoms with Crippen LogP contribution in [-0.2, 0) is 39.9 Å². The summed E-state index contributed by atoms with van der Waals surface area (Å²) in [6.45, 7) is 24.0. The zero-order valence-electron chi connectivity index (χ0n) is 36.4. The van der Waals surface area contributed by atoms with Crippen molar-refractivity contribution in [2.45, 2.75) is 137 Å². The van der Waals surface area contributed by atoms with Gasteiger partial charge in [-0.2, -0.15) is 9.78 Å². The first-order chi connectivity index (χ1) is 26.7. The monoisotopic (exact) mass is 866 g/mol. The average molecular weight is 868 g/mol. The number of fused-ring (bicyclic) bond motifs is 1. The van der Waals surface area contributed by atoms with Gasteiger partial charge in [-0.1, -0.05) is 45.4 Å². The maximum absolute atomic E-state index is 13.9. The first-order valence-electron chi connectivity index (χ1n) is 19.8. The zero-order chi connectivity index (χ0) is 43.9. The Bertz CT molecular complexity index is 2010. The fraction of sp³-hybridized carbons (Fsp3) is 0.610. The average Bonchev–Trinajstić information content (AvgIpc) is 3.46. The predicted molar refractivity (Wildman–Crippen MR) is 230 cm³/mol. The van der Waals surface area contributed by atoms with E-state index in [1.807, 2.05) is 13.0 Å². The molecule has 0 aliphatic carbocycles. The molecule has 3 rings (SSSR count). The summed E-state index contributed by atoms with van der Waals surface area (Å²) in [6, 6.07) is 12.6. The third-order valence-electron chi connectivity index (χ3n) is 8.98. The lowest BCUT2D eigenvalue weighted by Gasteiger charge is -2.36. The van der Waals surface area contributed by atoms with Gasteiger partial charge in [0.25, 0.3) is 0 Å². The molecule has 17 heteroatoms. The predicted octanol–water partition coefficient (Wildman–Crippen LogP) is 9.50. The van der Waals surface area contributed by atoms with E-state index in [0.717, 1.165) is 29.2 Å². The Morgan fingerprint density at radius 3 is 2.02 bits per heavy atom. The summed E-state index contributed by atoms with van der Waals surface area (Å²) in [5, 5.41) is 5.40. The number of aryl methyl sites for hydroxylation is 1. The number of esters is 1. The Kier molecular flexibility index (Phi) is 16.3. The van der Waals surface area contributed by atoms with Crippen LogP contribution in [0.5, 0.6) is 5.75 Å². The Morgan fingerprint density at radius 2 is 1.47 bits per heavy atom. The van der Waals surface area contributed by atoms with Gasteiger partial charge in [-0.15, -0.1) is 0 Å². The van der Waals surface area contributed by atoms with Crippen molar-refractivity contribution in [3.8, 4) is 5.75 Å². The number of benzene rings is 2. The molecule has 14 nitrogen and oxygen atoms in total. The van der Waals surface area contributed by atoms with Gasteiger partial charge in [0.05, 0.1) is 41.1 Å². The van der Waals surface area contributed by atoms with Crippen molar-refractivity contribution in [2.24, 2.45) is 0 Å². The number of aromatic nitrogens is 2. The second kappa shape index (κ2) is 19.5. The van der Waals surface area contributed by atoms with Crippen molar-refractivity contribution in [3.05, 3.63) is 52.7 Å². The van der Waals surface area contributed by atoms with Crippen molar-refractivity contribution in [2.75, 3.05) is 30.2 Å². The van der Waals surface area contributed by atoms with Crippen LogP contribution >= 0.6 is 11.6 Å². The number of carbonyl (C=O) groups is 3. The maximum atomic E-state index is 13.9. The van der Waals surface area contributed by atoms with Crippen LogP contribution in [0, 0.1) is 0 Å². The number of nitrogens with zero attached hydrogens (tertiary/aromatic N) is 3. The standard InChI is InChI=1S/C41H63ClN4O10SSi/c1-14-32-30-20-19-29(25-34(30)46(43-32)38(49)55-41(11,12)13)52-23-22-45(37(48)54-40(8,9)10)26-35(56-58(15-2,16-3)17-4)28-18-21-31(42)33(24-28)44-57(50,51)27-36(47)53-39(5,6)7/h18-21,24-25,35,44H,14-17,22-23,26-27H2,1-13H3. The number of rotatable bonds is 17. The number of nitrogens with one attached hydrogen (secondary N) is 1. The van der Waals surface area contributed by atoms with E-state index < -0.39 is 65.2 Å². The Balaban J connectivity index is 1.99. The fourth-order valence-corrected chi connectivity index (χ4v) is 10.1. The number of sulfonamides is 1. The molecular formula is C41H63ClN4O10SSi. The van der Waals surface area contributed by atoms with Gasteiger partial charge in [-0.25, -0.2) is 18.0 Å². The van der Waals surface area contributed by atoms with Crippen molar-refractivity contribution in [3.63, 3.8) is 0 Å². The topological polar surface area (TPSA) is 165 Å². The first-order valence-corrected chi connectivity index (χ1v) is 24.3. The minimum atomic E-state index is -4.22. The summed E-state index contributed by atoms with van der Waals surface area (Å²) in [5.74, 6) is -1.37. The van der Waals surface area contributed by atoms with E-state index in [1.165, 1.54) is 9.58 Å². The van der Waals surface area contributed by atoms with E-state index in [2.05, 4.69) is 30.6 Å². The van der Waals surface area contributed by atoms with Crippen LogP contribution in [0.4, 0.5) is 15.3 Å². The molecule has 0 saturated carbocycles. The molecule has 2 aromatic carbocycles. The molecule has 0 aliphatic heterocycles. The van der Waals surface area contributed by atoms with Gasteiger partial charge in [0.15, 0.2) is 14.1 Å². The summed E-state index contributed by atoms with van der Waals surface area (Å²) < 4.78 is 59.8. The lowest BCUT2D eigenvalue weighted by atomic mass is 10.1. The molecule has 0 spiro atoms. The molecule has 0 aliphatic rings. The number of halogens is 1. The minimum Gasteiger partial charge on any atom is -0.492 e. The quantitative estimate of drug-likeness (QED) is 0.0781. The maximum Gasteiger partial charge on any atom is 0.435 e. The molecule has 1 unspecified atom stereocenters. The van der Waals surface area contributed by atoms with Crippen LogP contribution in [0.25, 0.3) is 10.9 Å². The highest BCUT2D eigenvalue weighted by Gasteiger charge is 2.35. The third-order valence-corrected chi connectivity index (χ3v) is 15.1. The summed E-state index contributed by atoms with van der Waals surface area (Å²) >= 11 is 6.51. The summed E-state index contributed by atoms with van der Waals surface area (Å²) in [6.07, 6.45) is -1.33. The summed E-state index contributed by atoms with van der Waals surface area (Å²) in [5.41, 5.74) is -0.529. The Hall–Kier alpha value is -3.86. The highest BCUT2D eigenvalue weighted by molar-refractivity contribution is 7.93. The molecule has 3 aromatic rings. The molecule has 0 radical (unpaired) electrons. The minimum absolute atomic E-state index is 0.0308. The molecule has 1 heterocycles. The van der Waals surface area contributed by atoms with Gasteiger partial charge in [0.2, 0.25) is 10.0 Å². The highest BCUT2D eigenvalue weighted by Crippen LogP contribution is 2.35. The van der Waals surface area contributed by atoms with E-state index in [4.69, 9.17) is 35.0 Å². The van der Waals surface area contributed by atoms with E-state index >= 15 is 0 Å². The summed E-state index contributed by atoms with van der Waals surface area (Å²) in [7, 11) is -6.58. The number of hydrogen-bond donors (Lipinski definition) is 1. The van der Waals surface area contributed by atoms with Crippen LogP contribution in [0.3, 0.4) is 0 Å². The van der Waals surface area contributed by atoms with Crippen LogP contribution in [0.15, 0.2) is 36.4 Å². The Morgan fingerprint density at radius 1 is 0.862 bits per heavy atom. The third kappa shape index (κ3) is 14.4. The molecule has 324 valence electrons. The van der Waals surface area contributed by atoms with E-state index in [9.17, 15) is 22.8 Å². The second-order valence-corrected chi connectivity index (χ2v) is 24.0. The van der Waals surface area contributed by atoms with Gasteiger partial charge in [-0.3, -0.25) is 9.52 Å². The van der Waals surface area contributed by atoms with Gasteiger partial charge in [0, 0.05) is 11.5 Å². The molecule has 1 atom stereocenters. The van der Waals surface area contributed by atoms with Crippen LogP contribution in [0.2, 0.25) is 23.2 Å². The molecule has 1 N–H and O–H groups in total. The van der Waals surface area contributed by atoms with Crippen molar-refractivity contribution in [1.29, 1.82) is 0 Å². The second-order valence-electron chi connectivity index (χ2n) is 17.2.